The number of piperidine rings is 1. The molecule has 1 aliphatic rings. The molecule has 2 nitrogen and oxygen atoms in total. The smallest absolute Gasteiger partial charge is 0.247 e. The molecular formula is C14H19NOS. The summed E-state index contributed by atoms with van der Waals surface area (Å²) >= 11 is 1.66. The van der Waals surface area contributed by atoms with Crippen LogP contribution in [0.4, 0.5) is 0 Å². The highest BCUT2D eigenvalue weighted by molar-refractivity contribution is 7.10. The summed E-state index contributed by atoms with van der Waals surface area (Å²) in [5.74, 6) is 0.151. The molecule has 2 heterocycles. The summed E-state index contributed by atoms with van der Waals surface area (Å²) in [7, 11) is 0. The number of thiophene rings is 1. The van der Waals surface area contributed by atoms with Crippen LogP contribution in [0.5, 0.6) is 0 Å². The van der Waals surface area contributed by atoms with Gasteiger partial charge >= 0.3 is 0 Å². The average molecular weight is 249 g/mol. The lowest BCUT2D eigenvalue weighted by Crippen LogP contribution is -2.46. The van der Waals surface area contributed by atoms with Gasteiger partial charge in [-0.05, 0) is 50.6 Å². The van der Waals surface area contributed by atoms with E-state index in [0.29, 0.717) is 12.1 Å². The van der Waals surface area contributed by atoms with Crippen molar-refractivity contribution in [2.24, 2.45) is 0 Å². The molecule has 2 rings (SSSR count). The van der Waals surface area contributed by atoms with E-state index in [1.54, 1.807) is 17.4 Å². The fourth-order valence-electron chi connectivity index (χ4n) is 2.48. The van der Waals surface area contributed by atoms with Crippen molar-refractivity contribution >= 4 is 23.3 Å². The van der Waals surface area contributed by atoms with E-state index in [9.17, 15) is 4.79 Å². The predicted octanol–water partition coefficient (Wildman–Crippen LogP) is 3.55. The van der Waals surface area contributed by atoms with Crippen LogP contribution >= 0.6 is 11.3 Å². The zero-order chi connectivity index (χ0) is 12.3. The summed E-state index contributed by atoms with van der Waals surface area (Å²) in [5, 5.41) is 2.02. The average Bonchev–Trinajstić information content (AvgIpc) is 2.79. The van der Waals surface area contributed by atoms with E-state index in [4.69, 9.17) is 0 Å². The fourth-order valence-corrected chi connectivity index (χ4v) is 3.10. The lowest BCUT2D eigenvalue weighted by molar-refractivity contribution is -0.131. The SMILES string of the molecule is CC1CCCC(C)N1C(=O)C=Cc1cccs1. The Balaban J connectivity index is 2.03. The predicted molar refractivity (Wildman–Crippen MR) is 73.0 cm³/mol. The Hall–Kier alpha value is -1.09. The van der Waals surface area contributed by atoms with Crippen molar-refractivity contribution in [1.29, 1.82) is 0 Å². The molecular weight excluding hydrogens is 230 g/mol. The minimum absolute atomic E-state index is 0.151. The van der Waals surface area contributed by atoms with Crippen molar-refractivity contribution in [2.45, 2.75) is 45.2 Å². The van der Waals surface area contributed by atoms with Crippen molar-refractivity contribution in [1.82, 2.24) is 4.90 Å². The number of carbonyl (C=O) groups is 1. The van der Waals surface area contributed by atoms with E-state index in [0.717, 1.165) is 17.7 Å². The molecule has 1 aliphatic heterocycles. The van der Waals surface area contributed by atoms with Gasteiger partial charge in [0, 0.05) is 23.0 Å². The summed E-state index contributed by atoms with van der Waals surface area (Å²) in [6.07, 6.45) is 7.12. The summed E-state index contributed by atoms with van der Waals surface area (Å²) in [6, 6.07) is 4.77. The molecule has 1 aromatic rings. The van der Waals surface area contributed by atoms with Crippen molar-refractivity contribution in [3.63, 3.8) is 0 Å². The summed E-state index contributed by atoms with van der Waals surface area (Å²) in [4.78, 5) is 15.3. The van der Waals surface area contributed by atoms with Crippen LogP contribution in [0.15, 0.2) is 23.6 Å². The number of carbonyl (C=O) groups excluding carboxylic acids is 1. The standard InChI is InChI=1S/C14H19NOS/c1-11-5-3-6-12(2)15(11)14(16)9-8-13-7-4-10-17-13/h4,7-12H,3,5-6H2,1-2H3. The Kier molecular flexibility index (Phi) is 4.00. The topological polar surface area (TPSA) is 20.3 Å². The third-order valence-corrected chi connectivity index (χ3v) is 4.22. The van der Waals surface area contributed by atoms with Crippen LogP contribution in [0.3, 0.4) is 0 Å². The van der Waals surface area contributed by atoms with Gasteiger partial charge in [-0.1, -0.05) is 6.07 Å². The van der Waals surface area contributed by atoms with E-state index < -0.39 is 0 Å². The Morgan fingerprint density at radius 2 is 2.12 bits per heavy atom. The molecule has 1 saturated heterocycles. The Morgan fingerprint density at radius 3 is 2.71 bits per heavy atom. The highest BCUT2D eigenvalue weighted by atomic mass is 32.1. The first-order valence-corrected chi connectivity index (χ1v) is 7.10. The molecule has 2 unspecified atom stereocenters. The zero-order valence-corrected chi connectivity index (χ0v) is 11.2. The minimum Gasteiger partial charge on any atom is -0.334 e. The van der Waals surface area contributed by atoms with Gasteiger partial charge in [-0.15, -0.1) is 11.3 Å². The van der Waals surface area contributed by atoms with Crippen molar-refractivity contribution in [3.05, 3.63) is 28.5 Å². The Morgan fingerprint density at radius 1 is 1.41 bits per heavy atom. The number of nitrogens with zero attached hydrogens (tertiary/aromatic N) is 1. The van der Waals surface area contributed by atoms with Gasteiger partial charge in [-0.3, -0.25) is 4.79 Å². The third-order valence-electron chi connectivity index (χ3n) is 3.38. The van der Waals surface area contributed by atoms with Crippen LogP contribution in [0.2, 0.25) is 0 Å². The van der Waals surface area contributed by atoms with Gasteiger partial charge in [0.2, 0.25) is 5.91 Å². The number of likely N-dealkylation sites (tertiary alicyclic amines) is 1. The second-order valence-electron chi connectivity index (χ2n) is 4.72. The van der Waals surface area contributed by atoms with Gasteiger partial charge in [0.25, 0.3) is 0 Å². The van der Waals surface area contributed by atoms with Crippen molar-refractivity contribution < 1.29 is 4.79 Å². The molecule has 0 bridgehead atoms. The lowest BCUT2D eigenvalue weighted by atomic mass is 9.97. The van der Waals surface area contributed by atoms with Crippen LogP contribution in [0, 0.1) is 0 Å². The second kappa shape index (κ2) is 5.50. The molecule has 0 saturated carbocycles. The second-order valence-corrected chi connectivity index (χ2v) is 5.70. The highest BCUT2D eigenvalue weighted by Crippen LogP contribution is 2.23. The van der Waals surface area contributed by atoms with E-state index >= 15 is 0 Å². The lowest BCUT2D eigenvalue weighted by Gasteiger charge is -2.38. The normalized spacial score (nSPS) is 25.4. The maximum atomic E-state index is 12.2. The van der Waals surface area contributed by atoms with Gasteiger partial charge < -0.3 is 4.90 Å². The van der Waals surface area contributed by atoms with Crippen LogP contribution in [0.25, 0.3) is 6.08 Å². The van der Waals surface area contributed by atoms with Crippen molar-refractivity contribution in [3.8, 4) is 0 Å². The van der Waals surface area contributed by atoms with E-state index in [2.05, 4.69) is 13.8 Å². The molecule has 1 amide bonds. The van der Waals surface area contributed by atoms with Gasteiger partial charge in [-0.2, -0.15) is 0 Å². The molecule has 0 spiro atoms. The molecule has 1 aromatic heterocycles. The first kappa shape index (κ1) is 12.4. The van der Waals surface area contributed by atoms with E-state index in [-0.39, 0.29) is 5.91 Å². The largest absolute Gasteiger partial charge is 0.334 e. The third kappa shape index (κ3) is 2.97. The number of hydrogen-bond donors (Lipinski definition) is 0. The molecule has 0 aliphatic carbocycles. The van der Waals surface area contributed by atoms with Gasteiger partial charge in [0.05, 0.1) is 0 Å². The Bertz CT molecular complexity index is 386. The summed E-state index contributed by atoms with van der Waals surface area (Å²) in [5.41, 5.74) is 0. The maximum Gasteiger partial charge on any atom is 0.247 e. The highest BCUT2D eigenvalue weighted by Gasteiger charge is 2.27. The number of amides is 1. The van der Waals surface area contributed by atoms with Crippen LogP contribution in [0.1, 0.15) is 38.0 Å². The molecule has 0 radical (unpaired) electrons. The van der Waals surface area contributed by atoms with E-state index in [1.165, 1.54) is 6.42 Å². The molecule has 3 heteroatoms. The van der Waals surface area contributed by atoms with E-state index in [1.807, 2.05) is 28.5 Å². The van der Waals surface area contributed by atoms with Crippen LogP contribution in [-0.2, 0) is 4.79 Å². The molecule has 92 valence electrons. The van der Waals surface area contributed by atoms with Gasteiger partial charge in [0.1, 0.15) is 0 Å². The zero-order valence-electron chi connectivity index (χ0n) is 10.4. The molecule has 1 fully saturated rings. The Labute approximate surface area is 107 Å². The monoisotopic (exact) mass is 249 g/mol. The summed E-state index contributed by atoms with van der Waals surface area (Å²) < 4.78 is 0. The van der Waals surface area contributed by atoms with Crippen LogP contribution < -0.4 is 0 Å². The van der Waals surface area contributed by atoms with Crippen molar-refractivity contribution in [2.75, 3.05) is 0 Å². The first-order chi connectivity index (χ1) is 8.18. The minimum atomic E-state index is 0.151. The molecule has 2 atom stereocenters. The first-order valence-electron chi connectivity index (χ1n) is 6.22. The van der Waals surface area contributed by atoms with Gasteiger partial charge in [0.15, 0.2) is 0 Å². The molecule has 17 heavy (non-hydrogen) atoms. The fraction of sp³-hybridized carbons (Fsp3) is 0.500. The number of hydrogen-bond acceptors (Lipinski definition) is 2. The maximum absolute atomic E-state index is 12.2. The molecule has 0 N–H and O–H groups in total. The van der Waals surface area contributed by atoms with Crippen LogP contribution in [-0.4, -0.2) is 22.9 Å². The summed E-state index contributed by atoms with van der Waals surface area (Å²) in [6.45, 7) is 4.29. The molecule has 0 aromatic carbocycles. The quantitative estimate of drug-likeness (QED) is 0.734. The van der Waals surface area contributed by atoms with Gasteiger partial charge in [-0.25, -0.2) is 0 Å². The number of rotatable bonds is 2.